The van der Waals surface area contributed by atoms with E-state index in [1.54, 1.807) is 0 Å². The predicted octanol–water partition coefficient (Wildman–Crippen LogP) is 1.99. The Kier molecular flexibility index (Phi) is 6.16. The van der Waals surface area contributed by atoms with Gasteiger partial charge >= 0.3 is 5.97 Å². The molecule has 0 radical (unpaired) electrons. The van der Waals surface area contributed by atoms with Crippen LogP contribution in [-0.4, -0.2) is 36.2 Å². The van der Waals surface area contributed by atoms with Crippen LogP contribution < -0.4 is 5.32 Å². The second kappa shape index (κ2) is 7.40. The summed E-state index contributed by atoms with van der Waals surface area (Å²) in [5.41, 5.74) is -0.397. The molecule has 110 valence electrons. The number of carboxylic acid groups (broad SMARTS) is 1. The molecule has 1 atom stereocenters. The third-order valence-electron chi connectivity index (χ3n) is 2.90. The van der Waals surface area contributed by atoms with Crippen molar-refractivity contribution in [3.8, 4) is 0 Å². The minimum absolute atomic E-state index is 0.0803. The van der Waals surface area contributed by atoms with Crippen molar-refractivity contribution >= 4 is 27.8 Å². The van der Waals surface area contributed by atoms with Crippen molar-refractivity contribution in [1.82, 2.24) is 5.32 Å². The van der Waals surface area contributed by atoms with Gasteiger partial charge in [0.1, 0.15) is 0 Å². The number of halogens is 1. The Hall–Kier alpha value is -1.40. The largest absolute Gasteiger partial charge is 0.479 e. The highest BCUT2D eigenvalue weighted by atomic mass is 79.9. The molecule has 0 bridgehead atoms. The van der Waals surface area contributed by atoms with Crippen molar-refractivity contribution in [2.24, 2.45) is 0 Å². The first-order valence-electron chi connectivity index (χ1n) is 6.16. The zero-order valence-electron chi connectivity index (χ0n) is 11.5. The molecule has 0 aliphatic heterocycles. The Morgan fingerprint density at radius 2 is 2.05 bits per heavy atom. The van der Waals surface area contributed by atoms with E-state index in [1.807, 2.05) is 24.3 Å². The quantitative estimate of drug-likeness (QED) is 0.793. The van der Waals surface area contributed by atoms with Gasteiger partial charge in [-0.1, -0.05) is 34.1 Å². The summed E-state index contributed by atoms with van der Waals surface area (Å²) in [6.07, 6.45) is 0.755. The number of hydrogen-bond donors (Lipinski definition) is 2. The average molecular weight is 344 g/mol. The zero-order valence-corrected chi connectivity index (χ0v) is 13.1. The SMILES string of the molecule is COCC(C)(NC(=O)CCc1ccccc1Br)C(=O)O. The van der Waals surface area contributed by atoms with Crippen molar-refractivity contribution in [1.29, 1.82) is 0 Å². The van der Waals surface area contributed by atoms with Crippen LogP contribution in [0.25, 0.3) is 0 Å². The fourth-order valence-electron chi connectivity index (χ4n) is 1.76. The van der Waals surface area contributed by atoms with Gasteiger partial charge in [0.25, 0.3) is 0 Å². The first-order chi connectivity index (χ1) is 9.39. The smallest absolute Gasteiger partial charge is 0.331 e. The van der Waals surface area contributed by atoms with Crippen molar-refractivity contribution in [3.63, 3.8) is 0 Å². The van der Waals surface area contributed by atoms with Crippen LogP contribution in [0.15, 0.2) is 28.7 Å². The van der Waals surface area contributed by atoms with Gasteiger partial charge in [-0.2, -0.15) is 0 Å². The number of carbonyl (C=O) groups is 2. The molecular formula is C14H18BrNO4. The van der Waals surface area contributed by atoms with Crippen LogP contribution in [0, 0.1) is 0 Å². The lowest BCUT2D eigenvalue weighted by atomic mass is 10.0. The fraction of sp³-hybridized carbons (Fsp3) is 0.429. The Morgan fingerprint density at radius 1 is 1.40 bits per heavy atom. The Balaban J connectivity index is 2.59. The minimum Gasteiger partial charge on any atom is -0.479 e. The first kappa shape index (κ1) is 16.7. The lowest BCUT2D eigenvalue weighted by Gasteiger charge is -2.25. The summed E-state index contributed by atoms with van der Waals surface area (Å²) in [6, 6.07) is 7.61. The van der Waals surface area contributed by atoms with Crippen LogP contribution in [-0.2, 0) is 20.7 Å². The maximum absolute atomic E-state index is 11.9. The number of carboxylic acids is 1. The summed E-state index contributed by atoms with van der Waals surface area (Å²) in [5, 5.41) is 11.6. The Bertz CT molecular complexity index is 492. The van der Waals surface area contributed by atoms with Gasteiger partial charge in [-0.15, -0.1) is 0 Å². The van der Waals surface area contributed by atoms with E-state index in [0.29, 0.717) is 6.42 Å². The molecule has 1 amide bonds. The van der Waals surface area contributed by atoms with Gasteiger partial charge in [-0.05, 0) is 25.0 Å². The molecule has 1 aromatic rings. The maximum Gasteiger partial charge on any atom is 0.331 e. The minimum atomic E-state index is -1.40. The number of aliphatic carboxylic acids is 1. The van der Waals surface area contributed by atoms with Crippen LogP contribution >= 0.6 is 15.9 Å². The molecule has 1 aromatic carbocycles. The summed E-state index contributed by atoms with van der Waals surface area (Å²) in [5.74, 6) is -1.43. The molecule has 1 rings (SSSR count). The summed E-state index contributed by atoms with van der Waals surface area (Å²) in [7, 11) is 1.40. The summed E-state index contributed by atoms with van der Waals surface area (Å²) < 4.78 is 5.78. The van der Waals surface area contributed by atoms with E-state index in [2.05, 4.69) is 21.2 Å². The fourth-order valence-corrected chi connectivity index (χ4v) is 2.24. The standard InChI is InChI=1S/C14H18BrNO4/c1-14(9-20-2,13(18)19)16-12(17)8-7-10-5-3-4-6-11(10)15/h3-6H,7-9H2,1-2H3,(H,16,17)(H,18,19). The number of aryl methyl sites for hydroxylation is 1. The third kappa shape index (κ3) is 4.61. The number of methoxy groups -OCH3 is 1. The van der Waals surface area contributed by atoms with Crippen LogP contribution in [0.5, 0.6) is 0 Å². The van der Waals surface area contributed by atoms with E-state index < -0.39 is 11.5 Å². The summed E-state index contributed by atoms with van der Waals surface area (Å²) in [6.45, 7) is 1.35. The highest BCUT2D eigenvalue weighted by Gasteiger charge is 2.34. The molecule has 6 heteroatoms. The average Bonchev–Trinajstić information content (AvgIpc) is 2.38. The molecule has 20 heavy (non-hydrogen) atoms. The van der Waals surface area contributed by atoms with Crippen LogP contribution in [0.4, 0.5) is 0 Å². The van der Waals surface area contributed by atoms with E-state index >= 15 is 0 Å². The molecule has 0 heterocycles. The number of carbonyl (C=O) groups excluding carboxylic acids is 1. The molecule has 0 aliphatic carbocycles. The van der Waals surface area contributed by atoms with E-state index in [9.17, 15) is 9.59 Å². The van der Waals surface area contributed by atoms with Crippen molar-refractivity contribution in [2.45, 2.75) is 25.3 Å². The molecule has 0 spiro atoms. The zero-order chi connectivity index (χ0) is 15.2. The molecular weight excluding hydrogens is 326 g/mol. The van der Waals surface area contributed by atoms with Gasteiger partial charge in [0.2, 0.25) is 5.91 Å². The molecule has 0 aliphatic rings. The van der Waals surface area contributed by atoms with Crippen LogP contribution in [0.2, 0.25) is 0 Å². The Labute approximate surface area is 126 Å². The Morgan fingerprint density at radius 3 is 2.60 bits per heavy atom. The van der Waals surface area contributed by atoms with Crippen LogP contribution in [0.1, 0.15) is 18.9 Å². The van der Waals surface area contributed by atoms with Gasteiger partial charge in [0, 0.05) is 18.0 Å². The molecule has 1 unspecified atom stereocenters. The maximum atomic E-state index is 11.9. The molecule has 2 N–H and O–H groups in total. The molecule has 0 saturated carbocycles. The van der Waals surface area contributed by atoms with Gasteiger partial charge in [-0.25, -0.2) is 4.79 Å². The summed E-state index contributed by atoms with van der Waals surface area (Å²) >= 11 is 3.41. The topological polar surface area (TPSA) is 75.6 Å². The number of amides is 1. The highest BCUT2D eigenvalue weighted by molar-refractivity contribution is 9.10. The normalized spacial score (nSPS) is 13.6. The third-order valence-corrected chi connectivity index (χ3v) is 3.67. The highest BCUT2D eigenvalue weighted by Crippen LogP contribution is 2.17. The molecule has 0 fully saturated rings. The van der Waals surface area contributed by atoms with Gasteiger partial charge in [-0.3, -0.25) is 4.79 Å². The van der Waals surface area contributed by atoms with Crippen molar-refractivity contribution in [2.75, 3.05) is 13.7 Å². The number of rotatable bonds is 7. The van der Waals surface area contributed by atoms with Crippen molar-refractivity contribution < 1.29 is 19.4 Å². The second-order valence-corrected chi connectivity index (χ2v) is 5.56. The van der Waals surface area contributed by atoms with Gasteiger partial charge < -0.3 is 15.2 Å². The molecule has 0 saturated heterocycles. The van der Waals surface area contributed by atoms with E-state index in [1.165, 1.54) is 14.0 Å². The molecule has 0 aromatic heterocycles. The number of nitrogens with one attached hydrogen (secondary N) is 1. The second-order valence-electron chi connectivity index (χ2n) is 4.71. The van der Waals surface area contributed by atoms with Gasteiger partial charge in [0.05, 0.1) is 6.61 Å². The van der Waals surface area contributed by atoms with Gasteiger partial charge in [0.15, 0.2) is 5.54 Å². The van der Waals surface area contributed by atoms with Crippen molar-refractivity contribution in [3.05, 3.63) is 34.3 Å². The predicted molar refractivity (Wildman–Crippen MR) is 78.5 cm³/mol. The van der Waals surface area contributed by atoms with Crippen LogP contribution in [0.3, 0.4) is 0 Å². The van der Waals surface area contributed by atoms with E-state index in [4.69, 9.17) is 9.84 Å². The lowest BCUT2D eigenvalue weighted by Crippen LogP contribution is -2.55. The monoisotopic (exact) mass is 343 g/mol. The number of hydrogen-bond acceptors (Lipinski definition) is 3. The number of benzene rings is 1. The van der Waals surface area contributed by atoms with E-state index in [0.717, 1.165) is 10.0 Å². The number of ether oxygens (including phenoxy) is 1. The first-order valence-corrected chi connectivity index (χ1v) is 6.95. The molecule has 5 nitrogen and oxygen atoms in total. The van der Waals surface area contributed by atoms with E-state index in [-0.39, 0.29) is 18.9 Å². The summed E-state index contributed by atoms with van der Waals surface area (Å²) in [4.78, 5) is 23.1. The lowest BCUT2D eigenvalue weighted by molar-refractivity contribution is -0.149.